The first-order valence-corrected chi connectivity index (χ1v) is 5.85. The summed E-state index contributed by atoms with van der Waals surface area (Å²) in [6.07, 6.45) is 2.62. The van der Waals surface area contributed by atoms with Crippen molar-refractivity contribution in [3.63, 3.8) is 0 Å². The molecule has 0 radical (unpaired) electrons. The zero-order valence-electron chi connectivity index (χ0n) is 10.9. The minimum absolute atomic E-state index is 0. The van der Waals surface area contributed by atoms with E-state index in [1.165, 1.54) is 12.8 Å². The van der Waals surface area contributed by atoms with Gasteiger partial charge in [-0.2, -0.15) is 0 Å². The summed E-state index contributed by atoms with van der Waals surface area (Å²) >= 11 is 0. The molecule has 0 saturated carbocycles. The average molecular weight is 216 g/mol. The Kier molecular flexibility index (Phi) is 6.41. The molecule has 0 spiro atoms. The molecule has 0 unspecified atom stereocenters. The molecule has 15 heavy (non-hydrogen) atoms. The van der Waals surface area contributed by atoms with Gasteiger partial charge in [-0.05, 0) is 32.6 Å². The van der Waals surface area contributed by atoms with Gasteiger partial charge in [0.1, 0.15) is 0 Å². The minimum Gasteiger partial charge on any atom is -0.379 e. The highest BCUT2D eigenvalue weighted by Crippen LogP contribution is 2.23. The summed E-state index contributed by atoms with van der Waals surface area (Å²) in [6.45, 7) is 13.3. The molecule has 0 aliphatic carbocycles. The third-order valence-corrected chi connectivity index (χ3v) is 3.20. The quantitative estimate of drug-likeness (QED) is 0.786. The molecule has 1 rings (SSSR count). The van der Waals surface area contributed by atoms with Crippen LogP contribution < -0.4 is 6.15 Å². The fourth-order valence-electron chi connectivity index (χ4n) is 1.97. The molecular formula is C12H28N2O. The lowest BCUT2D eigenvalue weighted by Crippen LogP contribution is -2.49. The first-order valence-electron chi connectivity index (χ1n) is 5.85. The van der Waals surface area contributed by atoms with Crippen molar-refractivity contribution in [1.29, 1.82) is 0 Å². The van der Waals surface area contributed by atoms with Gasteiger partial charge >= 0.3 is 0 Å². The van der Waals surface area contributed by atoms with Crippen molar-refractivity contribution >= 4 is 0 Å². The second-order valence-electron chi connectivity index (χ2n) is 5.34. The van der Waals surface area contributed by atoms with Crippen molar-refractivity contribution in [3.8, 4) is 0 Å². The molecule has 0 atom stereocenters. The maximum atomic E-state index is 5.38. The Labute approximate surface area is 94.8 Å². The number of hydrogen-bond acceptors (Lipinski definition) is 3. The van der Waals surface area contributed by atoms with Gasteiger partial charge < -0.3 is 10.9 Å². The van der Waals surface area contributed by atoms with E-state index < -0.39 is 0 Å². The van der Waals surface area contributed by atoms with Crippen molar-refractivity contribution < 1.29 is 4.74 Å². The Morgan fingerprint density at radius 2 is 1.73 bits per heavy atom. The van der Waals surface area contributed by atoms with E-state index in [0.29, 0.717) is 5.54 Å². The van der Waals surface area contributed by atoms with Crippen molar-refractivity contribution in [2.45, 2.75) is 46.1 Å². The van der Waals surface area contributed by atoms with Gasteiger partial charge in [0, 0.05) is 18.6 Å². The highest BCUT2D eigenvalue weighted by Gasteiger charge is 2.27. The van der Waals surface area contributed by atoms with Gasteiger partial charge in [0.15, 0.2) is 0 Å². The van der Waals surface area contributed by atoms with Crippen LogP contribution in [0.2, 0.25) is 0 Å². The Balaban J connectivity index is 0.00000196. The highest BCUT2D eigenvalue weighted by atomic mass is 16.5. The summed E-state index contributed by atoms with van der Waals surface area (Å²) in [7, 11) is 0. The second kappa shape index (κ2) is 6.46. The lowest BCUT2D eigenvalue weighted by atomic mass is 9.92. The van der Waals surface area contributed by atoms with E-state index >= 15 is 0 Å². The molecule has 3 N–H and O–H groups in total. The van der Waals surface area contributed by atoms with E-state index in [1.54, 1.807) is 0 Å². The first-order chi connectivity index (χ1) is 6.52. The molecule has 3 nitrogen and oxygen atoms in total. The molecule has 1 aliphatic heterocycles. The van der Waals surface area contributed by atoms with Crippen LogP contribution in [0.4, 0.5) is 0 Å². The van der Waals surface area contributed by atoms with Crippen molar-refractivity contribution in [3.05, 3.63) is 0 Å². The summed E-state index contributed by atoms with van der Waals surface area (Å²) in [6, 6.07) is 0. The number of hydrogen-bond donors (Lipinski definition) is 1. The molecule has 1 heterocycles. The number of rotatable bonds is 4. The van der Waals surface area contributed by atoms with Crippen LogP contribution in [0.3, 0.4) is 0 Å². The number of ether oxygens (including phenoxy) is 1. The Morgan fingerprint density at radius 3 is 2.20 bits per heavy atom. The lowest BCUT2D eigenvalue weighted by Gasteiger charge is -2.41. The zero-order chi connectivity index (χ0) is 10.6. The molecule has 1 aliphatic rings. The Hall–Kier alpha value is -0.120. The Bertz CT molecular complexity index is 163. The molecule has 0 aromatic carbocycles. The number of morpholine rings is 1. The van der Waals surface area contributed by atoms with E-state index in [2.05, 4.69) is 32.6 Å². The highest BCUT2D eigenvalue weighted by molar-refractivity contribution is 4.83. The minimum atomic E-state index is 0. The van der Waals surface area contributed by atoms with E-state index in [4.69, 9.17) is 4.74 Å². The van der Waals surface area contributed by atoms with Gasteiger partial charge in [0.05, 0.1) is 13.2 Å². The summed E-state index contributed by atoms with van der Waals surface area (Å²) in [5.74, 6) is 0.815. The lowest BCUT2D eigenvalue weighted by molar-refractivity contribution is -0.0142. The SMILES string of the molecule is CC(C)CCC(C)(C)N1CCOCC1.N. The van der Waals surface area contributed by atoms with E-state index in [0.717, 1.165) is 32.2 Å². The largest absolute Gasteiger partial charge is 0.379 e. The van der Waals surface area contributed by atoms with E-state index in [-0.39, 0.29) is 6.15 Å². The van der Waals surface area contributed by atoms with Crippen LogP contribution in [0.25, 0.3) is 0 Å². The molecule has 0 amide bonds. The van der Waals surface area contributed by atoms with Crippen LogP contribution in [0.15, 0.2) is 0 Å². The van der Waals surface area contributed by atoms with E-state index in [9.17, 15) is 0 Å². The molecule has 1 fully saturated rings. The topological polar surface area (TPSA) is 47.5 Å². The van der Waals surface area contributed by atoms with Gasteiger partial charge in [-0.15, -0.1) is 0 Å². The molecule has 0 aromatic rings. The Morgan fingerprint density at radius 1 is 1.20 bits per heavy atom. The standard InChI is InChI=1S/C12H25NO.H3N/c1-11(2)5-6-12(3,4)13-7-9-14-10-8-13;/h11H,5-10H2,1-4H3;1H3. The summed E-state index contributed by atoms with van der Waals surface area (Å²) in [5.41, 5.74) is 0.355. The van der Waals surface area contributed by atoms with Crippen LogP contribution >= 0.6 is 0 Å². The van der Waals surface area contributed by atoms with Gasteiger partial charge in [-0.25, -0.2) is 0 Å². The first kappa shape index (κ1) is 14.9. The van der Waals surface area contributed by atoms with Crippen molar-refractivity contribution in [2.24, 2.45) is 5.92 Å². The summed E-state index contributed by atoms with van der Waals surface area (Å²) in [5, 5.41) is 0. The van der Waals surface area contributed by atoms with Crippen LogP contribution in [-0.2, 0) is 4.74 Å². The zero-order valence-corrected chi connectivity index (χ0v) is 10.9. The normalized spacial score (nSPS) is 19.0. The third kappa shape index (κ3) is 4.96. The average Bonchev–Trinajstić information content (AvgIpc) is 2.16. The van der Waals surface area contributed by atoms with Crippen molar-refractivity contribution in [1.82, 2.24) is 11.1 Å². The fraction of sp³-hybridized carbons (Fsp3) is 1.00. The second-order valence-corrected chi connectivity index (χ2v) is 5.34. The van der Waals surface area contributed by atoms with Crippen molar-refractivity contribution in [2.75, 3.05) is 26.3 Å². The fourth-order valence-corrected chi connectivity index (χ4v) is 1.97. The van der Waals surface area contributed by atoms with Crippen LogP contribution in [0, 0.1) is 5.92 Å². The van der Waals surface area contributed by atoms with Gasteiger partial charge in [0.25, 0.3) is 0 Å². The van der Waals surface area contributed by atoms with Crippen LogP contribution in [0.5, 0.6) is 0 Å². The van der Waals surface area contributed by atoms with E-state index in [1.807, 2.05) is 0 Å². The maximum Gasteiger partial charge on any atom is 0.0594 e. The molecule has 1 saturated heterocycles. The third-order valence-electron chi connectivity index (χ3n) is 3.20. The maximum absolute atomic E-state index is 5.38. The van der Waals surface area contributed by atoms with Gasteiger partial charge in [0.2, 0.25) is 0 Å². The number of nitrogens with zero attached hydrogens (tertiary/aromatic N) is 1. The van der Waals surface area contributed by atoms with Crippen LogP contribution in [0.1, 0.15) is 40.5 Å². The predicted molar refractivity (Wildman–Crippen MR) is 65.6 cm³/mol. The molecule has 0 aromatic heterocycles. The molecule has 3 heteroatoms. The predicted octanol–water partition coefficient (Wildman–Crippen LogP) is 2.70. The summed E-state index contributed by atoms with van der Waals surface area (Å²) in [4.78, 5) is 2.57. The monoisotopic (exact) mass is 216 g/mol. The van der Waals surface area contributed by atoms with Gasteiger partial charge in [-0.1, -0.05) is 13.8 Å². The molecule has 0 bridgehead atoms. The smallest absolute Gasteiger partial charge is 0.0594 e. The van der Waals surface area contributed by atoms with Crippen LogP contribution in [-0.4, -0.2) is 36.7 Å². The summed E-state index contributed by atoms with van der Waals surface area (Å²) < 4.78 is 5.38. The van der Waals surface area contributed by atoms with Gasteiger partial charge in [-0.3, -0.25) is 4.90 Å². The molecular weight excluding hydrogens is 188 g/mol. The molecule has 92 valence electrons.